The van der Waals surface area contributed by atoms with E-state index in [2.05, 4.69) is 43.8 Å². The van der Waals surface area contributed by atoms with Gasteiger partial charge in [0.25, 0.3) is 5.19 Å². The first-order valence-corrected chi connectivity index (χ1v) is 20.5. The Hall–Kier alpha value is -3.09. The van der Waals surface area contributed by atoms with Crippen molar-refractivity contribution in [3.05, 3.63) is 70.2 Å². The van der Waals surface area contributed by atoms with Gasteiger partial charge in [0.2, 0.25) is 21.8 Å². The summed E-state index contributed by atoms with van der Waals surface area (Å²) in [6, 6.07) is 13.2. The van der Waals surface area contributed by atoms with Crippen LogP contribution in [0.4, 0.5) is 0 Å². The Kier molecular flexibility index (Phi) is 9.75. The van der Waals surface area contributed by atoms with Crippen LogP contribution in [0, 0.1) is 24.2 Å². The van der Waals surface area contributed by atoms with Gasteiger partial charge in [-0.25, -0.2) is 13.4 Å². The van der Waals surface area contributed by atoms with Gasteiger partial charge in [-0.15, -0.1) is 0 Å². The average Bonchev–Trinajstić information content (AvgIpc) is 3.95. The molecule has 7 rings (SSSR count). The fourth-order valence-corrected chi connectivity index (χ4v) is 10.3. The van der Waals surface area contributed by atoms with E-state index in [4.69, 9.17) is 4.74 Å². The quantitative estimate of drug-likeness (QED) is 0.267. The van der Waals surface area contributed by atoms with E-state index in [-0.39, 0.29) is 42.9 Å². The van der Waals surface area contributed by atoms with E-state index in [1.165, 1.54) is 11.3 Å². The zero-order chi connectivity index (χ0) is 34.3. The molecule has 260 valence electrons. The van der Waals surface area contributed by atoms with Crippen LogP contribution in [-0.2, 0) is 30.8 Å². The van der Waals surface area contributed by atoms with Crippen molar-refractivity contribution in [2.75, 3.05) is 6.54 Å². The number of halogens is 1. The molecular formula is C37H42BrN3O6S2. The van der Waals surface area contributed by atoms with Crippen molar-refractivity contribution < 1.29 is 27.5 Å². The second-order valence-electron chi connectivity index (χ2n) is 14.3. The third-order valence-electron chi connectivity index (χ3n) is 10.5. The number of rotatable bonds is 7. The maximum Gasteiger partial charge on any atom is 0.274 e. The fraction of sp³-hybridized carbons (Fsp3) is 0.514. The lowest BCUT2D eigenvalue weighted by Gasteiger charge is -2.29. The number of sulfonamides is 1. The second kappa shape index (κ2) is 13.9. The lowest BCUT2D eigenvalue weighted by Crippen LogP contribution is -2.46. The number of aromatic nitrogens is 1. The van der Waals surface area contributed by atoms with E-state index in [1.807, 2.05) is 43.3 Å². The predicted octanol–water partition coefficient (Wildman–Crippen LogP) is 6.67. The molecule has 3 fully saturated rings. The SMILES string of the molecule is Cc1cccc(C[C@H]2CCCCC/C=C\[C@H]3C[C@@]3(C(=O)NS(=O)(=O)C3CC3)CC(=O)[C@@H]3C[C@@H](Oc4nc5ccc(Br)cc5s4)CN3C2=O)c1. The molecular weight excluding hydrogens is 726 g/mol. The van der Waals surface area contributed by atoms with Crippen molar-refractivity contribution in [2.45, 2.75) is 94.9 Å². The molecule has 12 heteroatoms. The number of nitrogens with one attached hydrogen (secondary N) is 1. The monoisotopic (exact) mass is 767 g/mol. The van der Waals surface area contributed by atoms with Gasteiger partial charge in [0.1, 0.15) is 6.10 Å². The Morgan fingerprint density at radius 2 is 1.96 bits per heavy atom. The van der Waals surface area contributed by atoms with Crippen molar-refractivity contribution in [1.82, 2.24) is 14.6 Å². The summed E-state index contributed by atoms with van der Waals surface area (Å²) < 4.78 is 36.2. The van der Waals surface area contributed by atoms with E-state index >= 15 is 0 Å². The number of Topliss-reactive ketones (excluding diaryl/α,β-unsaturated/α-hetero) is 1. The molecule has 3 aromatic rings. The topological polar surface area (TPSA) is 123 Å². The van der Waals surface area contributed by atoms with Gasteiger partial charge in [0, 0.05) is 23.2 Å². The van der Waals surface area contributed by atoms with Gasteiger partial charge in [0.15, 0.2) is 5.78 Å². The van der Waals surface area contributed by atoms with Crippen molar-refractivity contribution in [3.63, 3.8) is 0 Å². The summed E-state index contributed by atoms with van der Waals surface area (Å²) >= 11 is 4.93. The van der Waals surface area contributed by atoms with Gasteiger partial charge in [-0.1, -0.05) is 82.1 Å². The standard InChI is InChI=1S/C37H42BrN3O6S2/c1-23-8-7-9-24(16-23)17-25-10-5-3-2-4-6-11-26-20-37(26,35(44)40-49(45,46)29-13-14-29)21-32(42)31-19-28(22-41(31)34(25)43)47-36-39-30-15-12-27(38)18-33(30)48-36/h6-9,11-12,15-16,18,25-26,28-29,31H,2-5,10,13-14,17,19-22H2,1H3,(H,40,44)/b11-6-/t25-,26+,28-,31+,37-/m1/s1. The van der Waals surface area contributed by atoms with Crippen LogP contribution in [0.3, 0.4) is 0 Å². The number of carbonyl (C=O) groups is 3. The Labute approximate surface area is 300 Å². The number of thiazole rings is 1. The highest BCUT2D eigenvalue weighted by molar-refractivity contribution is 9.10. The summed E-state index contributed by atoms with van der Waals surface area (Å²) in [7, 11) is -3.78. The van der Waals surface area contributed by atoms with E-state index in [1.54, 1.807) is 4.90 Å². The number of hydrogen-bond acceptors (Lipinski definition) is 8. The maximum atomic E-state index is 14.6. The predicted molar refractivity (Wildman–Crippen MR) is 193 cm³/mol. The lowest BCUT2D eigenvalue weighted by molar-refractivity contribution is -0.142. The number of hydrogen-bond donors (Lipinski definition) is 1. The molecule has 1 N–H and O–H groups in total. The molecule has 4 aliphatic rings. The molecule has 0 unspecified atom stereocenters. The number of nitrogens with zero attached hydrogens (tertiary/aromatic N) is 2. The number of carbonyl (C=O) groups excluding carboxylic acids is 3. The highest BCUT2D eigenvalue weighted by Gasteiger charge is 2.61. The third-order valence-corrected chi connectivity index (χ3v) is 13.7. The molecule has 49 heavy (non-hydrogen) atoms. The van der Waals surface area contributed by atoms with Crippen LogP contribution in [0.2, 0.25) is 0 Å². The molecule has 5 atom stereocenters. The normalized spacial score (nSPS) is 28.7. The van der Waals surface area contributed by atoms with Crippen molar-refractivity contribution in [3.8, 4) is 5.19 Å². The minimum absolute atomic E-state index is 0.0747. The summed E-state index contributed by atoms with van der Waals surface area (Å²) in [5.74, 6) is -1.45. The summed E-state index contributed by atoms with van der Waals surface area (Å²) in [5.41, 5.74) is 1.88. The first kappa shape index (κ1) is 34.4. The largest absolute Gasteiger partial charge is 0.465 e. The zero-order valence-corrected chi connectivity index (χ0v) is 30.8. The van der Waals surface area contributed by atoms with Gasteiger partial charge >= 0.3 is 0 Å². The van der Waals surface area contributed by atoms with Crippen LogP contribution in [0.1, 0.15) is 75.3 Å². The van der Waals surface area contributed by atoms with E-state index < -0.39 is 38.7 Å². The number of ketones is 1. The van der Waals surface area contributed by atoms with Crippen LogP contribution in [0.25, 0.3) is 10.2 Å². The van der Waals surface area contributed by atoms with Crippen LogP contribution < -0.4 is 9.46 Å². The molecule has 2 aromatic carbocycles. The molecule has 2 aliphatic heterocycles. The third kappa shape index (κ3) is 7.66. The number of benzene rings is 2. The van der Waals surface area contributed by atoms with E-state index in [0.717, 1.165) is 51.5 Å². The van der Waals surface area contributed by atoms with Gasteiger partial charge in [-0.3, -0.25) is 19.1 Å². The minimum Gasteiger partial charge on any atom is -0.465 e. The highest BCUT2D eigenvalue weighted by Crippen LogP contribution is 2.57. The van der Waals surface area contributed by atoms with Crippen LogP contribution in [0.15, 0.2) is 59.1 Å². The van der Waals surface area contributed by atoms with Crippen LogP contribution in [0.5, 0.6) is 5.19 Å². The number of aryl methyl sites for hydroxylation is 1. The van der Waals surface area contributed by atoms with E-state index in [9.17, 15) is 22.8 Å². The number of fused-ring (bicyclic) bond motifs is 3. The Morgan fingerprint density at radius 3 is 2.76 bits per heavy atom. The second-order valence-corrected chi connectivity index (χ2v) is 18.2. The summed E-state index contributed by atoms with van der Waals surface area (Å²) in [6.07, 6.45) is 10.1. The molecule has 9 nitrogen and oxygen atoms in total. The molecule has 1 saturated heterocycles. The molecule has 1 aromatic heterocycles. The Bertz CT molecular complexity index is 1910. The molecule has 0 spiro atoms. The average molecular weight is 769 g/mol. The lowest BCUT2D eigenvalue weighted by atomic mass is 9.89. The first-order valence-electron chi connectivity index (χ1n) is 17.3. The fourth-order valence-electron chi connectivity index (χ4n) is 7.51. The maximum absolute atomic E-state index is 14.6. The van der Waals surface area contributed by atoms with Crippen LogP contribution in [-0.4, -0.2) is 59.8 Å². The molecule has 0 bridgehead atoms. The van der Waals surface area contributed by atoms with Crippen molar-refractivity contribution in [2.24, 2.45) is 17.3 Å². The van der Waals surface area contributed by atoms with Gasteiger partial charge < -0.3 is 9.64 Å². The van der Waals surface area contributed by atoms with Gasteiger partial charge in [-0.05, 0) is 81.5 Å². The van der Waals surface area contributed by atoms with E-state index in [0.29, 0.717) is 37.3 Å². The minimum atomic E-state index is -3.78. The van der Waals surface area contributed by atoms with Crippen molar-refractivity contribution in [1.29, 1.82) is 0 Å². The molecule has 0 radical (unpaired) electrons. The summed E-state index contributed by atoms with van der Waals surface area (Å²) in [6.45, 7) is 2.28. The number of allylic oxidation sites excluding steroid dienone is 2. The molecule has 2 amide bonds. The molecule has 2 aliphatic carbocycles. The van der Waals surface area contributed by atoms with Gasteiger partial charge in [-0.2, -0.15) is 0 Å². The first-order chi connectivity index (χ1) is 23.5. The Balaban J connectivity index is 1.18. The summed E-state index contributed by atoms with van der Waals surface area (Å²) in [5, 5.41) is -0.0704. The van der Waals surface area contributed by atoms with Crippen molar-refractivity contribution >= 4 is 65.1 Å². The van der Waals surface area contributed by atoms with Crippen LogP contribution >= 0.6 is 27.3 Å². The van der Waals surface area contributed by atoms with Gasteiger partial charge in [0.05, 0.1) is 33.5 Å². The molecule has 2 saturated carbocycles. The highest BCUT2D eigenvalue weighted by atomic mass is 79.9. The summed E-state index contributed by atoms with van der Waals surface area (Å²) in [4.78, 5) is 49.0. The molecule has 3 heterocycles. The number of amides is 2. The smallest absolute Gasteiger partial charge is 0.274 e. The number of ether oxygens (including phenoxy) is 1. The Morgan fingerprint density at radius 1 is 1.12 bits per heavy atom. The zero-order valence-electron chi connectivity index (χ0n) is 27.6.